The van der Waals surface area contributed by atoms with Crippen LogP contribution in [0.5, 0.6) is 0 Å². The maximum Gasteiger partial charge on any atom is 0.320 e. The minimum absolute atomic E-state index is 0.142. The van der Waals surface area contributed by atoms with Gasteiger partial charge in [0.15, 0.2) is 0 Å². The highest BCUT2D eigenvalue weighted by molar-refractivity contribution is 5.76. The third-order valence-electron chi connectivity index (χ3n) is 2.52. The predicted molar refractivity (Wildman–Crippen MR) is 55.2 cm³/mol. The van der Waals surface area contributed by atoms with Crippen molar-refractivity contribution < 1.29 is 14.7 Å². The van der Waals surface area contributed by atoms with E-state index in [0.717, 1.165) is 12.8 Å². The maximum absolute atomic E-state index is 11.0. The lowest BCUT2D eigenvalue weighted by atomic mass is 9.97. The first kappa shape index (κ1) is 12.0. The Morgan fingerprint density at radius 3 is 2.40 bits per heavy atom. The summed E-state index contributed by atoms with van der Waals surface area (Å²) < 4.78 is 0. The standard InChI is InChI=1S/C10H18N2O3/c1-10(2,5-7(11)13)12-8(9(14)15)6-3-4-6/h6,8,12H,3-5H2,1-2H3,(H2,11,13)(H,14,15). The second-order valence-corrected chi connectivity index (χ2v) is 4.82. The van der Waals surface area contributed by atoms with Gasteiger partial charge in [0.05, 0.1) is 0 Å². The second kappa shape index (κ2) is 4.18. The van der Waals surface area contributed by atoms with Crippen molar-refractivity contribution in [2.45, 2.75) is 44.7 Å². The summed E-state index contributed by atoms with van der Waals surface area (Å²) in [5.41, 5.74) is 4.54. The average molecular weight is 214 g/mol. The molecule has 5 nitrogen and oxygen atoms in total. The zero-order valence-corrected chi connectivity index (χ0v) is 9.12. The van der Waals surface area contributed by atoms with Crippen LogP contribution < -0.4 is 11.1 Å². The van der Waals surface area contributed by atoms with E-state index in [1.807, 2.05) is 0 Å². The first-order chi connectivity index (χ1) is 6.82. The Hall–Kier alpha value is -1.10. The van der Waals surface area contributed by atoms with Crippen molar-refractivity contribution in [3.63, 3.8) is 0 Å². The normalized spacial score (nSPS) is 18.5. The number of amides is 1. The number of aliphatic carboxylic acids is 1. The van der Waals surface area contributed by atoms with E-state index >= 15 is 0 Å². The molecule has 0 saturated heterocycles. The van der Waals surface area contributed by atoms with Crippen molar-refractivity contribution in [1.29, 1.82) is 0 Å². The van der Waals surface area contributed by atoms with Gasteiger partial charge in [0, 0.05) is 12.0 Å². The molecule has 0 radical (unpaired) electrons. The molecular weight excluding hydrogens is 196 g/mol. The van der Waals surface area contributed by atoms with E-state index in [9.17, 15) is 9.59 Å². The molecule has 0 heterocycles. The van der Waals surface area contributed by atoms with Gasteiger partial charge in [-0.25, -0.2) is 0 Å². The zero-order chi connectivity index (χ0) is 11.6. The number of primary amides is 1. The van der Waals surface area contributed by atoms with Crippen LogP contribution in [0.25, 0.3) is 0 Å². The zero-order valence-electron chi connectivity index (χ0n) is 9.12. The van der Waals surface area contributed by atoms with Gasteiger partial charge in [0.2, 0.25) is 5.91 Å². The summed E-state index contributed by atoms with van der Waals surface area (Å²) in [6.07, 6.45) is 2.02. The van der Waals surface area contributed by atoms with Crippen molar-refractivity contribution in [3.8, 4) is 0 Å². The van der Waals surface area contributed by atoms with Crippen molar-refractivity contribution >= 4 is 11.9 Å². The van der Waals surface area contributed by atoms with Crippen molar-refractivity contribution in [2.75, 3.05) is 0 Å². The van der Waals surface area contributed by atoms with Crippen molar-refractivity contribution in [3.05, 3.63) is 0 Å². The Kier molecular flexibility index (Phi) is 3.34. The van der Waals surface area contributed by atoms with E-state index in [4.69, 9.17) is 10.8 Å². The van der Waals surface area contributed by atoms with Gasteiger partial charge >= 0.3 is 5.97 Å². The fourth-order valence-corrected chi connectivity index (χ4v) is 1.72. The molecule has 0 bridgehead atoms. The largest absolute Gasteiger partial charge is 0.480 e. The summed E-state index contributed by atoms with van der Waals surface area (Å²) >= 11 is 0. The summed E-state index contributed by atoms with van der Waals surface area (Å²) in [7, 11) is 0. The molecule has 0 spiro atoms. The number of hydrogen-bond acceptors (Lipinski definition) is 3. The van der Waals surface area contributed by atoms with Crippen LogP contribution >= 0.6 is 0 Å². The Balaban J connectivity index is 2.56. The van der Waals surface area contributed by atoms with E-state index in [0.29, 0.717) is 0 Å². The minimum atomic E-state index is -0.852. The van der Waals surface area contributed by atoms with Gasteiger partial charge in [0.25, 0.3) is 0 Å². The topological polar surface area (TPSA) is 92.4 Å². The average Bonchev–Trinajstić information content (AvgIpc) is 2.79. The van der Waals surface area contributed by atoms with Gasteiger partial charge in [-0.3, -0.25) is 14.9 Å². The van der Waals surface area contributed by atoms with Crippen LogP contribution in [0.2, 0.25) is 0 Å². The molecule has 1 amide bonds. The highest BCUT2D eigenvalue weighted by atomic mass is 16.4. The molecule has 1 aliphatic carbocycles. The first-order valence-electron chi connectivity index (χ1n) is 5.10. The van der Waals surface area contributed by atoms with Crippen LogP contribution in [0.15, 0.2) is 0 Å². The molecule has 1 fully saturated rings. The van der Waals surface area contributed by atoms with E-state index in [-0.39, 0.29) is 12.3 Å². The Morgan fingerprint density at radius 1 is 1.53 bits per heavy atom. The Morgan fingerprint density at radius 2 is 2.07 bits per heavy atom. The minimum Gasteiger partial charge on any atom is -0.480 e. The molecule has 0 aromatic heterocycles. The summed E-state index contributed by atoms with van der Waals surface area (Å²) in [5, 5.41) is 12.0. The first-order valence-corrected chi connectivity index (χ1v) is 5.10. The number of carboxylic acids is 1. The molecule has 1 unspecified atom stereocenters. The number of carbonyl (C=O) groups is 2. The van der Waals surface area contributed by atoms with Gasteiger partial charge in [-0.05, 0) is 32.6 Å². The van der Waals surface area contributed by atoms with Crippen LogP contribution in [0, 0.1) is 5.92 Å². The molecule has 0 aromatic carbocycles. The van der Waals surface area contributed by atoms with Crippen molar-refractivity contribution in [1.82, 2.24) is 5.32 Å². The highest BCUT2D eigenvalue weighted by Gasteiger charge is 2.39. The monoisotopic (exact) mass is 214 g/mol. The quantitative estimate of drug-likeness (QED) is 0.584. The fraction of sp³-hybridized carbons (Fsp3) is 0.800. The lowest BCUT2D eigenvalue weighted by Gasteiger charge is -2.29. The molecular formula is C10H18N2O3. The van der Waals surface area contributed by atoms with E-state index in [2.05, 4.69) is 5.32 Å². The van der Waals surface area contributed by atoms with E-state index in [1.54, 1.807) is 13.8 Å². The SMILES string of the molecule is CC(C)(CC(N)=O)NC(C(=O)O)C1CC1. The Bertz CT molecular complexity index is 272. The van der Waals surface area contributed by atoms with E-state index in [1.165, 1.54) is 0 Å². The number of nitrogens with one attached hydrogen (secondary N) is 1. The molecule has 1 saturated carbocycles. The number of rotatable bonds is 6. The molecule has 4 N–H and O–H groups in total. The van der Waals surface area contributed by atoms with Crippen LogP contribution in [0.4, 0.5) is 0 Å². The third kappa shape index (κ3) is 3.87. The lowest BCUT2D eigenvalue weighted by molar-refractivity contribution is -0.141. The van der Waals surface area contributed by atoms with Gasteiger partial charge in [0.1, 0.15) is 6.04 Å². The maximum atomic E-state index is 11.0. The lowest BCUT2D eigenvalue weighted by Crippen LogP contribution is -2.52. The summed E-state index contributed by atoms with van der Waals surface area (Å²) in [6.45, 7) is 3.58. The number of hydrogen-bond donors (Lipinski definition) is 3. The molecule has 15 heavy (non-hydrogen) atoms. The van der Waals surface area contributed by atoms with Crippen LogP contribution in [-0.4, -0.2) is 28.6 Å². The molecule has 0 aromatic rings. The van der Waals surface area contributed by atoms with Crippen LogP contribution in [0.3, 0.4) is 0 Å². The van der Waals surface area contributed by atoms with Gasteiger partial charge < -0.3 is 10.8 Å². The van der Waals surface area contributed by atoms with Gasteiger partial charge in [-0.15, -0.1) is 0 Å². The summed E-state index contributed by atoms with van der Waals surface area (Å²) in [6, 6.07) is -0.556. The van der Waals surface area contributed by atoms with Crippen LogP contribution in [-0.2, 0) is 9.59 Å². The second-order valence-electron chi connectivity index (χ2n) is 4.82. The molecule has 1 aliphatic rings. The number of nitrogens with two attached hydrogens (primary N) is 1. The fourth-order valence-electron chi connectivity index (χ4n) is 1.72. The molecule has 86 valence electrons. The molecule has 5 heteroatoms. The predicted octanol–water partition coefficient (Wildman–Crippen LogP) is 0.0932. The van der Waals surface area contributed by atoms with Crippen LogP contribution in [0.1, 0.15) is 33.1 Å². The number of carboxylic acid groups (broad SMARTS) is 1. The molecule has 1 atom stereocenters. The molecule has 0 aliphatic heterocycles. The van der Waals surface area contributed by atoms with Gasteiger partial charge in [-0.2, -0.15) is 0 Å². The van der Waals surface area contributed by atoms with E-state index < -0.39 is 23.5 Å². The Labute approximate surface area is 89.0 Å². The third-order valence-corrected chi connectivity index (χ3v) is 2.52. The molecule has 1 rings (SSSR count). The highest BCUT2D eigenvalue weighted by Crippen LogP contribution is 2.33. The summed E-state index contributed by atoms with van der Waals surface area (Å²) in [4.78, 5) is 21.8. The van der Waals surface area contributed by atoms with Crippen molar-refractivity contribution in [2.24, 2.45) is 11.7 Å². The smallest absolute Gasteiger partial charge is 0.320 e. The summed E-state index contributed by atoms with van der Waals surface area (Å²) in [5.74, 6) is -1.07. The number of carbonyl (C=O) groups excluding carboxylic acids is 1. The van der Waals surface area contributed by atoms with Gasteiger partial charge in [-0.1, -0.05) is 0 Å².